The Balaban J connectivity index is 1.79. The standard InChI is InChI=1S/C13H15N3O3S2/c17-16(18)10-3-4-12-11(6-10)15-13(20-12)21(19)8-9-2-1-5-14-7-9/h3-4,6,9,14H,1-2,5,7-8H2/t9-,21+/m0/s1. The molecule has 1 saturated heterocycles. The first kappa shape index (κ1) is 14.6. The highest BCUT2D eigenvalue weighted by molar-refractivity contribution is 7.87. The molecule has 2 aromatic rings. The van der Waals surface area contributed by atoms with Gasteiger partial charge in [-0.1, -0.05) is 0 Å². The van der Waals surface area contributed by atoms with Crippen LogP contribution < -0.4 is 5.32 Å². The van der Waals surface area contributed by atoms with Crippen molar-refractivity contribution in [3.8, 4) is 0 Å². The number of fused-ring (bicyclic) bond motifs is 1. The predicted octanol–water partition coefficient (Wildman–Crippen LogP) is 2.31. The summed E-state index contributed by atoms with van der Waals surface area (Å²) in [7, 11) is -1.13. The Labute approximate surface area is 128 Å². The largest absolute Gasteiger partial charge is 0.316 e. The summed E-state index contributed by atoms with van der Waals surface area (Å²) in [5.41, 5.74) is 0.570. The molecule has 0 radical (unpaired) electrons. The molecule has 3 rings (SSSR count). The predicted molar refractivity (Wildman–Crippen MR) is 83.1 cm³/mol. The van der Waals surface area contributed by atoms with Gasteiger partial charge in [0.1, 0.15) is 0 Å². The monoisotopic (exact) mass is 325 g/mol. The van der Waals surface area contributed by atoms with Crippen molar-refractivity contribution in [2.75, 3.05) is 18.8 Å². The van der Waals surface area contributed by atoms with Crippen LogP contribution in [0.1, 0.15) is 12.8 Å². The van der Waals surface area contributed by atoms with Crippen LogP contribution in [0.25, 0.3) is 10.2 Å². The minimum Gasteiger partial charge on any atom is -0.316 e. The van der Waals surface area contributed by atoms with Gasteiger partial charge < -0.3 is 5.32 Å². The molecule has 2 atom stereocenters. The van der Waals surface area contributed by atoms with Gasteiger partial charge in [0, 0.05) is 17.9 Å². The summed E-state index contributed by atoms with van der Waals surface area (Å²) in [4.78, 5) is 14.6. The molecule has 0 aliphatic carbocycles. The van der Waals surface area contributed by atoms with Gasteiger partial charge >= 0.3 is 0 Å². The van der Waals surface area contributed by atoms with Crippen LogP contribution in [0.5, 0.6) is 0 Å². The van der Waals surface area contributed by atoms with Crippen LogP contribution in [0.3, 0.4) is 0 Å². The number of aromatic nitrogens is 1. The summed E-state index contributed by atoms with van der Waals surface area (Å²) in [6, 6.07) is 4.57. The molecule has 8 heteroatoms. The zero-order valence-corrected chi connectivity index (χ0v) is 12.9. The van der Waals surface area contributed by atoms with Gasteiger partial charge in [-0.25, -0.2) is 4.98 Å². The van der Waals surface area contributed by atoms with Crippen molar-refractivity contribution in [3.63, 3.8) is 0 Å². The summed E-state index contributed by atoms with van der Waals surface area (Å²) in [6.07, 6.45) is 2.21. The van der Waals surface area contributed by atoms with Gasteiger partial charge in [-0.2, -0.15) is 0 Å². The first-order valence-corrected chi connectivity index (χ1v) is 8.91. The second-order valence-electron chi connectivity index (χ2n) is 5.11. The van der Waals surface area contributed by atoms with Crippen molar-refractivity contribution in [2.24, 2.45) is 5.92 Å². The SMILES string of the molecule is O=[N+]([O-])c1ccc2sc([S@](=O)C[C@H]3CCCNC3)nc2c1. The van der Waals surface area contributed by atoms with E-state index in [1.165, 1.54) is 23.5 Å². The number of non-ortho nitro benzene ring substituents is 1. The minimum atomic E-state index is -1.13. The quantitative estimate of drug-likeness (QED) is 0.689. The smallest absolute Gasteiger partial charge is 0.271 e. The van der Waals surface area contributed by atoms with Crippen molar-refractivity contribution >= 4 is 38.0 Å². The molecule has 1 aliphatic rings. The lowest BCUT2D eigenvalue weighted by atomic mass is 10.0. The highest BCUT2D eigenvalue weighted by Gasteiger charge is 2.20. The summed E-state index contributed by atoms with van der Waals surface area (Å²) >= 11 is 1.36. The molecule has 1 N–H and O–H groups in total. The van der Waals surface area contributed by atoms with Crippen molar-refractivity contribution in [1.82, 2.24) is 10.3 Å². The maximum absolute atomic E-state index is 12.4. The van der Waals surface area contributed by atoms with E-state index in [-0.39, 0.29) is 5.69 Å². The van der Waals surface area contributed by atoms with Crippen molar-refractivity contribution < 1.29 is 9.13 Å². The highest BCUT2D eigenvalue weighted by Crippen LogP contribution is 2.28. The molecule has 0 unspecified atom stereocenters. The maximum Gasteiger partial charge on any atom is 0.271 e. The van der Waals surface area contributed by atoms with Crippen molar-refractivity contribution in [3.05, 3.63) is 28.3 Å². The van der Waals surface area contributed by atoms with E-state index in [1.807, 2.05) is 0 Å². The first-order valence-electron chi connectivity index (χ1n) is 6.77. The molecule has 0 bridgehead atoms. The molecule has 2 heterocycles. The summed E-state index contributed by atoms with van der Waals surface area (Å²) in [5.74, 6) is 1.02. The van der Waals surface area contributed by atoms with E-state index >= 15 is 0 Å². The third-order valence-corrected chi connectivity index (χ3v) is 6.44. The van der Waals surface area contributed by atoms with E-state index in [1.54, 1.807) is 6.07 Å². The minimum absolute atomic E-state index is 0.0154. The number of nitrogens with zero attached hydrogens (tertiary/aromatic N) is 2. The van der Waals surface area contributed by atoms with E-state index in [0.717, 1.165) is 30.6 Å². The van der Waals surface area contributed by atoms with Gasteiger partial charge in [-0.15, -0.1) is 11.3 Å². The summed E-state index contributed by atoms with van der Waals surface area (Å²) < 4.78 is 13.8. The number of benzene rings is 1. The Morgan fingerprint density at radius 1 is 1.52 bits per heavy atom. The Morgan fingerprint density at radius 2 is 2.38 bits per heavy atom. The van der Waals surface area contributed by atoms with E-state index in [4.69, 9.17) is 0 Å². The van der Waals surface area contributed by atoms with Crippen LogP contribution >= 0.6 is 11.3 Å². The Bertz CT molecular complexity index is 695. The molecule has 21 heavy (non-hydrogen) atoms. The number of hydrogen-bond acceptors (Lipinski definition) is 6. The third-order valence-electron chi connectivity index (χ3n) is 3.54. The molecule has 0 amide bonds. The van der Waals surface area contributed by atoms with Crippen LogP contribution in [-0.2, 0) is 10.8 Å². The van der Waals surface area contributed by atoms with Crippen LogP contribution in [0.15, 0.2) is 22.5 Å². The van der Waals surface area contributed by atoms with Gasteiger partial charge in [-0.3, -0.25) is 14.3 Å². The normalized spacial score (nSPS) is 20.5. The van der Waals surface area contributed by atoms with Crippen LogP contribution in [0.2, 0.25) is 0 Å². The van der Waals surface area contributed by atoms with E-state index < -0.39 is 15.7 Å². The lowest BCUT2D eigenvalue weighted by molar-refractivity contribution is -0.384. The van der Waals surface area contributed by atoms with Gasteiger partial charge in [0.05, 0.1) is 25.9 Å². The Kier molecular flexibility index (Phi) is 4.27. The Hall–Kier alpha value is -1.38. The number of thiazole rings is 1. The number of hydrogen-bond donors (Lipinski definition) is 1. The molecule has 1 aromatic carbocycles. The van der Waals surface area contributed by atoms with E-state index in [9.17, 15) is 14.3 Å². The fourth-order valence-corrected chi connectivity index (χ4v) is 5.04. The Morgan fingerprint density at radius 3 is 3.10 bits per heavy atom. The zero-order chi connectivity index (χ0) is 14.8. The third kappa shape index (κ3) is 3.28. The molecule has 1 aliphatic heterocycles. The van der Waals surface area contributed by atoms with Crippen molar-refractivity contribution in [2.45, 2.75) is 17.2 Å². The number of piperidine rings is 1. The number of nitro benzene ring substituents is 1. The van der Waals surface area contributed by atoms with Crippen LogP contribution in [0, 0.1) is 16.0 Å². The van der Waals surface area contributed by atoms with Crippen LogP contribution in [-0.4, -0.2) is 33.0 Å². The number of nitrogens with one attached hydrogen (secondary N) is 1. The molecular weight excluding hydrogens is 310 g/mol. The fourth-order valence-electron chi connectivity index (χ4n) is 2.46. The molecule has 0 saturated carbocycles. The topological polar surface area (TPSA) is 85.1 Å². The van der Waals surface area contributed by atoms with E-state index in [2.05, 4.69) is 10.3 Å². The van der Waals surface area contributed by atoms with E-state index in [0.29, 0.717) is 21.5 Å². The molecule has 112 valence electrons. The zero-order valence-electron chi connectivity index (χ0n) is 11.3. The molecule has 6 nitrogen and oxygen atoms in total. The van der Waals surface area contributed by atoms with Crippen LogP contribution in [0.4, 0.5) is 5.69 Å². The lowest BCUT2D eigenvalue weighted by Crippen LogP contribution is -2.32. The average Bonchev–Trinajstić information content (AvgIpc) is 2.91. The lowest BCUT2D eigenvalue weighted by Gasteiger charge is -2.21. The van der Waals surface area contributed by atoms with Crippen molar-refractivity contribution in [1.29, 1.82) is 0 Å². The molecule has 0 spiro atoms. The first-order chi connectivity index (χ1) is 10.1. The van der Waals surface area contributed by atoms with Gasteiger partial charge in [-0.05, 0) is 37.9 Å². The maximum atomic E-state index is 12.4. The second kappa shape index (κ2) is 6.17. The van der Waals surface area contributed by atoms with Gasteiger partial charge in [0.15, 0.2) is 4.34 Å². The van der Waals surface area contributed by atoms with Gasteiger partial charge in [0.25, 0.3) is 5.69 Å². The molecule has 1 fully saturated rings. The van der Waals surface area contributed by atoms with Gasteiger partial charge in [0.2, 0.25) is 0 Å². The molecule has 1 aromatic heterocycles. The number of nitro groups is 1. The molecular formula is C13H15N3O3S2. The average molecular weight is 325 g/mol. The fraction of sp³-hybridized carbons (Fsp3) is 0.462. The number of rotatable bonds is 4. The summed E-state index contributed by atoms with van der Waals surface area (Å²) in [5, 5.41) is 14.1. The highest BCUT2D eigenvalue weighted by atomic mass is 32.2. The second-order valence-corrected chi connectivity index (χ2v) is 7.81. The summed E-state index contributed by atoms with van der Waals surface area (Å²) in [6.45, 7) is 1.94.